The van der Waals surface area contributed by atoms with Gasteiger partial charge in [-0.2, -0.15) is 0 Å². The van der Waals surface area contributed by atoms with Crippen molar-refractivity contribution in [2.45, 2.75) is 134 Å². The number of primary amides is 1. The van der Waals surface area contributed by atoms with Crippen LogP contribution in [0.3, 0.4) is 0 Å². The lowest BCUT2D eigenvalue weighted by atomic mass is 9.91. The van der Waals surface area contributed by atoms with Crippen LogP contribution in [0.2, 0.25) is 0 Å². The van der Waals surface area contributed by atoms with Crippen molar-refractivity contribution in [2.24, 2.45) is 23.5 Å². The van der Waals surface area contributed by atoms with Crippen LogP contribution in [0.5, 0.6) is 0 Å². The number of Topliss-reactive ketones (excluding diaryl/α,β-unsaturated/α-hetero) is 2. The maximum absolute atomic E-state index is 14.5. The minimum atomic E-state index is -1.14. The maximum atomic E-state index is 14.5. The van der Waals surface area contributed by atoms with Gasteiger partial charge in [0.1, 0.15) is 18.1 Å². The van der Waals surface area contributed by atoms with E-state index >= 15 is 0 Å². The van der Waals surface area contributed by atoms with Crippen LogP contribution in [-0.4, -0.2) is 111 Å². The number of carbonyl (C=O) groups excluding carboxylic acids is 9. The molecule has 4 heterocycles. The molecule has 0 spiro atoms. The molecule has 0 aliphatic carbocycles. The van der Waals surface area contributed by atoms with Crippen LogP contribution >= 0.6 is 23.1 Å². The fourth-order valence-electron chi connectivity index (χ4n) is 8.51. The van der Waals surface area contributed by atoms with E-state index in [-0.39, 0.29) is 49.7 Å². The van der Waals surface area contributed by atoms with E-state index in [1.807, 2.05) is 61.8 Å². The molecule has 7 amide bonds. The summed E-state index contributed by atoms with van der Waals surface area (Å²) in [5.41, 5.74) is 6.11. The molecule has 19 heteroatoms. The van der Waals surface area contributed by atoms with Gasteiger partial charge in [-0.25, -0.2) is 0 Å². The molecule has 7 atom stereocenters. The molecule has 3 aromatic rings. The molecule has 2 aliphatic heterocycles. The predicted molar refractivity (Wildman–Crippen MR) is 252 cm³/mol. The Balaban J connectivity index is 1.51. The van der Waals surface area contributed by atoms with Gasteiger partial charge in [0.2, 0.25) is 41.4 Å². The SMILES string of the molecule is CC(=O)N[C@@H](C)C(=O)N[C@H]1CSc2c3ccsc3cn2CCCC[C@@H](C(=O)NCC(N)=O)CC(=O)[C@@H]2CCCN2C(=O)[C@H](CC(C)C)NC(=O)[C@H](C)NC(=O)[C@H](Cc2ccccc2)CC1=O. The van der Waals surface area contributed by atoms with Gasteiger partial charge in [0, 0.05) is 62.0 Å². The molecule has 2 aromatic heterocycles. The number of nitrogens with two attached hydrogens (primary N) is 1. The number of fused-ring (bicyclic) bond motifs is 4. The summed E-state index contributed by atoms with van der Waals surface area (Å²) in [6.45, 7) is 8.50. The first-order valence-corrected chi connectivity index (χ1v) is 24.6. The average molecular weight is 949 g/mol. The van der Waals surface area contributed by atoms with Crippen LogP contribution < -0.4 is 32.3 Å². The first kappa shape index (κ1) is 51.4. The lowest BCUT2D eigenvalue weighted by Gasteiger charge is -2.31. The molecule has 66 heavy (non-hydrogen) atoms. The van der Waals surface area contributed by atoms with E-state index in [1.54, 1.807) is 11.3 Å². The second kappa shape index (κ2) is 24.3. The van der Waals surface area contributed by atoms with Gasteiger partial charge in [0.05, 0.1) is 28.4 Å². The summed E-state index contributed by atoms with van der Waals surface area (Å²) < 4.78 is 3.06. The minimum Gasteiger partial charge on any atom is -0.368 e. The molecule has 1 fully saturated rings. The Morgan fingerprint density at radius 2 is 1.64 bits per heavy atom. The molecule has 1 saturated heterocycles. The summed E-state index contributed by atoms with van der Waals surface area (Å²) in [5, 5.41) is 17.3. The number of hydrogen-bond donors (Lipinski definition) is 6. The number of nitrogens with one attached hydrogen (secondary N) is 5. The Hall–Kier alpha value is -5.56. The highest BCUT2D eigenvalue weighted by Crippen LogP contribution is 2.35. The van der Waals surface area contributed by atoms with Crippen molar-refractivity contribution in [3.05, 3.63) is 53.5 Å². The van der Waals surface area contributed by atoms with E-state index in [1.165, 1.54) is 37.4 Å². The third kappa shape index (κ3) is 14.5. The summed E-state index contributed by atoms with van der Waals surface area (Å²) in [5.74, 6) is -6.32. The Labute approximate surface area is 393 Å². The first-order chi connectivity index (χ1) is 31.4. The number of aryl methyl sites for hydroxylation is 1. The number of carbonyl (C=O) groups is 9. The number of thioether (sulfide) groups is 1. The van der Waals surface area contributed by atoms with Gasteiger partial charge >= 0.3 is 0 Å². The van der Waals surface area contributed by atoms with E-state index in [2.05, 4.69) is 31.2 Å². The molecular formula is C47H64N8O9S2. The van der Waals surface area contributed by atoms with Crippen LogP contribution in [0.15, 0.2) is 53.0 Å². The number of hydrogen-bond acceptors (Lipinski definition) is 11. The monoisotopic (exact) mass is 948 g/mol. The van der Waals surface area contributed by atoms with Gasteiger partial charge in [-0.3, -0.25) is 43.2 Å². The van der Waals surface area contributed by atoms with Gasteiger partial charge in [-0.15, -0.1) is 23.1 Å². The lowest BCUT2D eigenvalue weighted by molar-refractivity contribution is -0.142. The number of amides is 7. The topological polar surface area (TPSA) is 248 Å². The van der Waals surface area contributed by atoms with E-state index in [9.17, 15) is 43.2 Å². The number of rotatable bonds is 10. The molecule has 0 bridgehead atoms. The zero-order valence-electron chi connectivity index (χ0n) is 38.4. The van der Waals surface area contributed by atoms with E-state index < -0.39 is 95.7 Å². The van der Waals surface area contributed by atoms with Crippen LogP contribution in [0.25, 0.3) is 10.1 Å². The van der Waals surface area contributed by atoms with Crippen LogP contribution in [0.4, 0.5) is 0 Å². The Morgan fingerprint density at radius 3 is 2.33 bits per heavy atom. The molecule has 2 aliphatic rings. The van der Waals surface area contributed by atoms with Gasteiger partial charge in [0.25, 0.3) is 0 Å². The Morgan fingerprint density at radius 1 is 0.894 bits per heavy atom. The van der Waals surface area contributed by atoms with Gasteiger partial charge in [-0.1, -0.05) is 50.6 Å². The van der Waals surface area contributed by atoms with E-state index in [4.69, 9.17) is 5.73 Å². The summed E-state index contributed by atoms with van der Waals surface area (Å²) >= 11 is 2.92. The Kier molecular flexibility index (Phi) is 18.9. The van der Waals surface area contributed by atoms with Crippen LogP contribution in [0, 0.1) is 17.8 Å². The van der Waals surface area contributed by atoms with Gasteiger partial charge in [0.15, 0.2) is 11.6 Å². The van der Waals surface area contributed by atoms with Crippen molar-refractivity contribution in [3.63, 3.8) is 0 Å². The van der Waals surface area contributed by atoms with Crippen molar-refractivity contribution >= 4 is 86.1 Å². The van der Waals surface area contributed by atoms with Crippen molar-refractivity contribution < 1.29 is 43.2 Å². The van der Waals surface area contributed by atoms with Crippen molar-refractivity contribution in [1.29, 1.82) is 0 Å². The van der Waals surface area contributed by atoms with Crippen molar-refractivity contribution in [2.75, 3.05) is 18.8 Å². The smallest absolute Gasteiger partial charge is 0.245 e. The minimum absolute atomic E-state index is 0.0426. The third-order valence-corrected chi connectivity index (χ3v) is 14.0. The quantitative estimate of drug-likeness (QED) is 0.174. The summed E-state index contributed by atoms with van der Waals surface area (Å²) in [6.07, 6.45) is 4.30. The second-order valence-corrected chi connectivity index (χ2v) is 19.8. The zero-order chi connectivity index (χ0) is 48.1. The summed E-state index contributed by atoms with van der Waals surface area (Å²) in [4.78, 5) is 123. The van der Waals surface area contributed by atoms with Gasteiger partial charge in [-0.05, 0) is 75.3 Å². The second-order valence-electron chi connectivity index (χ2n) is 17.8. The molecule has 0 radical (unpaired) electrons. The van der Waals surface area contributed by atoms with Crippen LogP contribution in [0.1, 0.15) is 91.5 Å². The molecule has 1 aromatic carbocycles. The zero-order valence-corrected chi connectivity index (χ0v) is 40.0. The third-order valence-electron chi connectivity index (χ3n) is 11.9. The number of benzene rings is 1. The maximum Gasteiger partial charge on any atom is 0.245 e. The molecule has 0 unspecified atom stereocenters. The average Bonchev–Trinajstić information content (AvgIpc) is 4.02. The highest BCUT2D eigenvalue weighted by atomic mass is 32.2. The molecule has 17 nitrogen and oxygen atoms in total. The standard InChI is InChI=1S/C47H64N8O9S2/c1-27(2)20-35-46(64)55-18-11-15-37(55)39(58)22-32(44(62)49-24-41(48)59)14-9-10-17-54-25-40-34(16-19-65-40)47(54)66-26-36(53-42(60)28(3)50-30(5)56)38(57)23-33(21-31-12-7-6-8-13-31)45(63)51-29(4)43(61)52-35/h6-8,12-13,16,19,25,27-29,32-33,35-37H,9-11,14-15,17-18,20-24,26H2,1-5H3,(H2,48,59)(H,49,62)(H,50,56)(H,51,63)(H,52,61)(H,53,60)/t28-,29-,32+,33+,35-,36-,37-/m0/s1. The van der Waals surface area contributed by atoms with Crippen molar-refractivity contribution in [3.8, 4) is 0 Å². The van der Waals surface area contributed by atoms with Gasteiger partial charge < -0.3 is 41.8 Å². The normalized spacial score (nSPS) is 23.8. The fourth-order valence-corrected chi connectivity index (χ4v) is 10.6. The predicted octanol–water partition coefficient (Wildman–Crippen LogP) is 3.01. The largest absolute Gasteiger partial charge is 0.368 e. The molecule has 7 N–H and O–H groups in total. The summed E-state index contributed by atoms with van der Waals surface area (Å²) in [6, 6.07) is 6.09. The molecule has 0 saturated carbocycles. The molecule has 5 rings (SSSR count). The highest BCUT2D eigenvalue weighted by molar-refractivity contribution is 7.99. The number of ketones is 2. The van der Waals surface area contributed by atoms with E-state index in [0.717, 1.165) is 20.7 Å². The number of nitrogens with zero attached hydrogens (tertiary/aromatic N) is 2. The van der Waals surface area contributed by atoms with Crippen LogP contribution in [-0.2, 0) is 56.1 Å². The number of aromatic nitrogens is 1. The number of thiophene rings is 1. The molecular weight excluding hydrogens is 885 g/mol. The Bertz CT molecular complexity index is 2240. The first-order valence-electron chi connectivity index (χ1n) is 22.7. The summed E-state index contributed by atoms with van der Waals surface area (Å²) in [7, 11) is 0. The highest BCUT2D eigenvalue weighted by Gasteiger charge is 2.40. The van der Waals surface area contributed by atoms with E-state index in [0.29, 0.717) is 38.6 Å². The van der Waals surface area contributed by atoms with Crippen molar-refractivity contribution in [1.82, 2.24) is 36.1 Å². The lowest BCUT2D eigenvalue weighted by Crippen LogP contribution is -2.56. The fraction of sp³-hybridized carbons (Fsp3) is 0.553. The molecule has 358 valence electrons.